The summed E-state index contributed by atoms with van der Waals surface area (Å²) in [6, 6.07) is 17.6. The third-order valence-electron chi connectivity index (χ3n) is 3.65. The molecule has 0 radical (unpaired) electrons. The van der Waals surface area contributed by atoms with Crippen LogP contribution in [0, 0.1) is 5.92 Å². The van der Waals surface area contributed by atoms with Crippen molar-refractivity contribution in [3.63, 3.8) is 0 Å². The highest BCUT2D eigenvalue weighted by atomic mass is 16.5. The molecule has 2 aromatic carbocycles. The monoisotopic (exact) mass is 297 g/mol. The number of hydrogen-bond donors (Lipinski definition) is 0. The zero-order chi connectivity index (χ0) is 15.9. The van der Waals surface area contributed by atoms with Crippen LogP contribution in [0.2, 0.25) is 0 Å². The zero-order valence-corrected chi connectivity index (χ0v) is 13.5. The number of para-hydroxylation sites is 1. The van der Waals surface area contributed by atoms with Crippen molar-refractivity contribution in [2.75, 3.05) is 27.7 Å². The maximum Gasteiger partial charge on any atom is 0.171 e. The van der Waals surface area contributed by atoms with E-state index in [2.05, 4.69) is 17.0 Å². The van der Waals surface area contributed by atoms with Gasteiger partial charge in [-0.25, -0.2) is 0 Å². The maximum atomic E-state index is 13.0. The predicted molar refractivity (Wildman–Crippen MR) is 89.5 cm³/mol. The van der Waals surface area contributed by atoms with E-state index in [4.69, 9.17) is 4.74 Å². The fourth-order valence-corrected chi connectivity index (χ4v) is 2.65. The Morgan fingerprint density at radius 2 is 1.68 bits per heavy atom. The number of Topliss-reactive ketones (excluding diaryl/α,β-unsaturated/α-hetero) is 1. The Bertz CT molecular complexity index is 608. The van der Waals surface area contributed by atoms with Crippen LogP contribution in [0.4, 0.5) is 0 Å². The molecule has 3 nitrogen and oxygen atoms in total. The van der Waals surface area contributed by atoms with Crippen LogP contribution in [0.1, 0.15) is 15.9 Å². The van der Waals surface area contributed by atoms with Gasteiger partial charge in [0.2, 0.25) is 0 Å². The molecule has 0 bridgehead atoms. The molecule has 2 rings (SSSR count). The van der Waals surface area contributed by atoms with E-state index in [0.29, 0.717) is 17.9 Å². The Labute approximate surface area is 132 Å². The van der Waals surface area contributed by atoms with Gasteiger partial charge in [0, 0.05) is 12.5 Å². The van der Waals surface area contributed by atoms with E-state index in [1.54, 1.807) is 7.11 Å². The second-order valence-corrected chi connectivity index (χ2v) is 5.71. The molecule has 116 valence electrons. The minimum absolute atomic E-state index is 0.0892. The average Bonchev–Trinajstić information content (AvgIpc) is 2.54. The lowest BCUT2D eigenvalue weighted by atomic mass is 9.90. The first-order valence-electron chi connectivity index (χ1n) is 7.47. The minimum atomic E-state index is -0.0892. The Morgan fingerprint density at radius 3 is 2.32 bits per heavy atom. The van der Waals surface area contributed by atoms with Crippen LogP contribution >= 0.6 is 0 Å². The fraction of sp³-hybridized carbons (Fsp3) is 0.316. The number of carbonyl (C=O) groups is 1. The summed E-state index contributed by atoms with van der Waals surface area (Å²) in [5.74, 6) is 0.688. The van der Waals surface area contributed by atoms with Crippen molar-refractivity contribution < 1.29 is 9.53 Å². The molecule has 0 aliphatic rings. The number of methoxy groups -OCH3 is 1. The second-order valence-electron chi connectivity index (χ2n) is 5.71. The Balaban J connectivity index is 2.26. The van der Waals surface area contributed by atoms with Crippen LogP contribution in [0.15, 0.2) is 54.6 Å². The van der Waals surface area contributed by atoms with Crippen molar-refractivity contribution in [2.45, 2.75) is 6.42 Å². The van der Waals surface area contributed by atoms with Crippen molar-refractivity contribution in [1.29, 1.82) is 0 Å². The van der Waals surface area contributed by atoms with E-state index in [9.17, 15) is 4.79 Å². The lowest BCUT2D eigenvalue weighted by Gasteiger charge is -2.21. The largest absolute Gasteiger partial charge is 0.496 e. The van der Waals surface area contributed by atoms with Gasteiger partial charge in [0.25, 0.3) is 0 Å². The molecule has 0 N–H and O–H groups in total. The molecule has 1 atom stereocenters. The van der Waals surface area contributed by atoms with Crippen molar-refractivity contribution >= 4 is 5.78 Å². The van der Waals surface area contributed by atoms with E-state index in [-0.39, 0.29) is 11.7 Å². The SMILES string of the molecule is COc1ccccc1C(=O)C(Cc1ccccc1)CN(C)C. The smallest absolute Gasteiger partial charge is 0.171 e. The number of nitrogens with zero attached hydrogens (tertiary/aromatic N) is 1. The third kappa shape index (κ3) is 4.18. The van der Waals surface area contributed by atoms with Crippen LogP contribution in [0.3, 0.4) is 0 Å². The first-order valence-corrected chi connectivity index (χ1v) is 7.47. The molecule has 0 aliphatic carbocycles. The lowest BCUT2D eigenvalue weighted by molar-refractivity contribution is 0.0893. The van der Waals surface area contributed by atoms with Gasteiger partial charge in [-0.1, -0.05) is 42.5 Å². The summed E-state index contributed by atoms with van der Waals surface area (Å²) < 4.78 is 5.34. The van der Waals surface area contributed by atoms with Gasteiger partial charge in [-0.2, -0.15) is 0 Å². The van der Waals surface area contributed by atoms with Gasteiger partial charge in [0.15, 0.2) is 5.78 Å². The number of ether oxygens (including phenoxy) is 1. The summed E-state index contributed by atoms with van der Waals surface area (Å²) in [5.41, 5.74) is 1.84. The molecule has 0 heterocycles. The maximum absolute atomic E-state index is 13.0. The topological polar surface area (TPSA) is 29.5 Å². The molecule has 22 heavy (non-hydrogen) atoms. The predicted octanol–water partition coefficient (Wildman–Crippen LogP) is 3.30. The summed E-state index contributed by atoms with van der Waals surface area (Å²) in [4.78, 5) is 15.0. The van der Waals surface area contributed by atoms with Crippen LogP contribution < -0.4 is 4.74 Å². The van der Waals surface area contributed by atoms with Gasteiger partial charge in [-0.3, -0.25) is 4.79 Å². The molecule has 0 aliphatic heterocycles. The van der Waals surface area contributed by atoms with Crippen LogP contribution in [0.5, 0.6) is 5.75 Å². The quantitative estimate of drug-likeness (QED) is 0.734. The highest BCUT2D eigenvalue weighted by molar-refractivity contribution is 6.00. The highest BCUT2D eigenvalue weighted by Gasteiger charge is 2.23. The summed E-state index contributed by atoms with van der Waals surface area (Å²) in [6.07, 6.45) is 0.732. The van der Waals surface area contributed by atoms with E-state index in [1.165, 1.54) is 5.56 Å². The molecule has 0 spiro atoms. The van der Waals surface area contributed by atoms with Gasteiger partial charge in [-0.05, 0) is 38.2 Å². The molecule has 0 amide bonds. The number of ketones is 1. The molecule has 0 saturated heterocycles. The summed E-state index contributed by atoms with van der Waals surface area (Å²) in [7, 11) is 5.59. The van der Waals surface area contributed by atoms with Gasteiger partial charge in [0.05, 0.1) is 12.7 Å². The normalized spacial score (nSPS) is 12.2. The van der Waals surface area contributed by atoms with Crippen LogP contribution in [0.25, 0.3) is 0 Å². The summed E-state index contributed by atoms with van der Waals surface area (Å²) in [6.45, 7) is 0.714. The van der Waals surface area contributed by atoms with Crippen LogP contribution in [-0.2, 0) is 6.42 Å². The Morgan fingerprint density at radius 1 is 1.05 bits per heavy atom. The average molecular weight is 297 g/mol. The molecule has 0 fully saturated rings. The molecule has 2 aromatic rings. The zero-order valence-electron chi connectivity index (χ0n) is 13.5. The van der Waals surface area contributed by atoms with Crippen molar-refractivity contribution in [3.8, 4) is 5.75 Å². The molecular weight excluding hydrogens is 274 g/mol. The van der Waals surface area contributed by atoms with E-state index < -0.39 is 0 Å². The van der Waals surface area contributed by atoms with Crippen molar-refractivity contribution in [3.05, 3.63) is 65.7 Å². The highest BCUT2D eigenvalue weighted by Crippen LogP contribution is 2.23. The number of carbonyl (C=O) groups excluding carboxylic acids is 1. The number of rotatable bonds is 7. The van der Waals surface area contributed by atoms with Gasteiger partial charge >= 0.3 is 0 Å². The van der Waals surface area contributed by atoms with Crippen molar-refractivity contribution in [2.24, 2.45) is 5.92 Å². The van der Waals surface area contributed by atoms with Gasteiger partial charge in [-0.15, -0.1) is 0 Å². The molecule has 0 aromatic heterocycles. The number of benzene rings is 2. The number of hydrogen-bond acceptors (Lipinski definition) is 3. The van der Waals surface area contributed by atoms with E-state index in [1.807, 2.05) is 56.6 Å². The fourth-order valence-electron chi connectivity index (χ4n) is 2.65. The second kappa shape index (κ2) is 7.76. The molecular formula is C19H23NO2. The van der Waals surface area contributed by atoms with E-state index in [0.717, 1.165) is 6.42 Å². The van der Waals surface area contributed by atoms with Crippen molar-refractivity contribution in [1.82, 2.24) is 4.90 Å². The van der Waals surface area contributed by atoms with Gasteiger partial charge in [0.1, 0.15) is 5.75 Å². The molecule has 3 heteroatoms. The first kappa shape index (κ1) is 16.2. The Kier molecular flexibility index (Phi) is 5.73. The van der Waals surface area contributed by atoms with E-state index >= 15 is 0 Å². The molecule has 1 unspecified atom stereocenters. The Hall–Kier alpha value is -2.13. The molecule has 0 saturated carbocycles. The lowest BCUT2D eigenvalue weighted by Crippen LogP contribution is -2.30. The van der Waals surface area contributed by atoms with Gasteiger partial charge < -0.3 is 9.64 Å². The van der Waals surface area contributed by atoms with Crippen LogP contribution in [-0.4, -0.2) is 38.4 Å². The minimum Gasteiger partial charge on any atom is -0.496 e. The third-order valence-corrected chi connectivity index (χ3v) is 3.65. The summed E-state index contributed by atoms with van der Waals surface area (Å²) >= 11 is 0. The summed E-state index contributed by atoms with van der Waals surface area (Å²) in [5, 5.41) is 0. The standard InChI is InChI=1S/C19H23NO2/c1-20(2)14-16(13-15-9-5-4-6-10-15)19(21)17-11-7-8-12-18(17)22-3/h4-12,16H,13-14H2,1-3H3. The first-order chi connectivity index (χ1) is 10.6.